The van der Waals surface area contributed by atoms with Gasteiger partial charge in [0.1, 0.15) is 19.2 Å². The minimum atomic E-state index is -1.20. The van der Waals surface area contributed by atoms with E-state index in [9.17, 15) is 14.4 Å². The fourth-order valence-electron chi connectivity index (χ4n) is 3.89. The van der Waals surface area contributed by atoms with Crippen LogP contribution in [0.4, 0.5) is 4.79 Å². The Labute approximate surface area is 180 Å². The van der Waals surface area contributed by atoms with Gasteiger partial charge in [-0.3, -0.25) is 9.59 Å². The van der Waals surface area contributed by atoms with Gasteiger partial charge in [-0.2, -0.15) is 0 Å². The fourth-order valence-corrected chi connectivity index (χ4v) is 3.89. The van der Waals surface area contributed by atoms with Crippen molar-refractivity contribution in [1.82, 2.24) is 10.2 Å². The summed E-state index contributed by atoms with van der Waals surface area (Å²) in [7, 11) is 0. The Bertz CT molecular complexity index is 915. The maximum atomic E-state index is 12.6. The molecule has 8 heteroatoms. The standard InChI is InChI=1S/C23H26N2O6/c1-2-20(22(29)25(11-12-26)13-21(27)28)24-23(30)31-14-19-17-9-5-3-7-15(17)16-8-4-6-10-18(16)19/h3-10,19-20,26H,2,11-14H2,1H3,(H,24,30)(H,27,28)/t20-/m0/s1. The summed E-state index contributed by atoms with van der Waals surface area (Å²) in [6.45, 7) is 0.751. The summed E-state index contributed by atoms with van der Waals surface area (Å²) in [5.41, 5.74) is 4.38. The third kappa shape index (κ3) is 5.03. The highest BCUT2D eigenvalue weighted by Gasteiger charge is 2.30. The maximum Gasteiger partial charge on any atom is 0.407 e. The number of alkyl carbamates (subject to hydrolysis) is 1. The first-order valence-electron chi connectivity index (χ1n) is 10.2. The molecule has 164 valence electrons. The zero-order valence-electron chi connectivity index (χ0n) is 17.3. The first-order valence-corrected chi connectivity index (χ1v) is 10.2. The molecule has 0 heterocycles. The summed E-state index contributed by atoms with van der Waals surface area (Å²) in [5.74, 6) is -1.88. The van der Waals surface area contributed by atoms with Gasteiger partial charge in [0.05, 0.1) is 6.61 Å². The molecule has 0 fully saturated rings. The van der Waals surface area contributed by atoms with Crippen molar-refractivity contribution < 1.29 is 29.3 Å². The van der Waals surface area contributed by atoms with Gasteiger partial charge in [-0.05, 0) is 28.7 Å². The topological polar surface area (TPSA) is 116 Å². The third-order valence-corrected chi connectivity index (χ3v) is 5.35. The molecule has 31 heavy (non-hydrogen) atoms. The highest BCUT2D eigenvalue weighted by molar-refractivity contribution is 5.88. The second-order valence-corrected chi connectivity index (χ2v) is 7.31. The number of ether oxygens (including phenoxy) is 1. The average molecular weight is 426 g/mol. The van der Waals surface area contributed by atoms with Crippen molar-refractivity contribution in [2.24, 2.45) is 0 Å². The van der Waals surface area contributed by atoms with Crippen molar-refractivity contribution in [1.29, 1.82) is 0 Å². The van der Waals surface area contributed by atoms with Crippen LogP contribution in [0.2, 0.25) is 0 Å². The molecular formula is C23H26N2O6. The average Bonchev–Trinajstić information content (AvgIpc) is 3.09. The molecule has 0 saturated heterocycles. The van der Waals surface area contributed by atoms with E-state index in [0.717, 1.165) is 27.2 Å². The molecule has 8 nitrogen and oxygen atoms in total. The number of hydrogen-bond acceptors (Lipinski definition) is 5. The number of aliphatic carboxylic acids is 1. The van der Waals surface area contributed by atoms with E-state index in [1.165, 1.54) is 0 Å². The van der Waals surface area contributed by atoms with E-state index in [1.54, 1.807) is 6.92 Å². The number of rotatable bonds is 9. The first-order chi connectivity index (χ1) is 15.0. The number of carbonyl (C=O) groups excluding carboxylic acids is 2. The Morgan fingerprint density at radius 1 is 1.06 bits per heavy atom. The van der Waals surface area contributed by atoms with E-state index in [0.29, 0.717) is 0 Å². The number of aliphatic hydroxyl groups excluding tert-OH is 1. The summed E-state index contributed by atoms with van der Waals surface area (Å²) >= 11 is 0. The van der Waals surface area contributed by atoms with Gasteiger partial charge in [-0.25, -0.2) is 4.79 Å². The van der Waals surface area contributed by atoms with E-state index in [2.05, 4.69) is 5.32 Å². The molecule has 0 unspecified atom stereocenters. The molecule has 1 aliphatic carbocycles. The summed E-state index contributed by atoms with van der Waals surface area (Å²) < 4.78 is 5.46. The number of nitrogens with one attached hydrogen (secondary N) is 1. The third-order valence-electron chi connectivity index (χ3n) is 5.35. The number of amides is 2. The van der Waals surface area contributed by atoms with Crippen molar-refractivity contribution in [3.63, 3.8) is 0 Å². The SMILES string of the molecule is CC[C@H](NC(=O)OCC1c2ccccc2-c2ccccc21)C(=O)N(CCO)CC(=O)O. The van der Waals surface area contributed by atoms with E-state index >= 15 is 0 Å². The van der Waals surface area contributed by atoms with E-state index in [1.807, 2.05) is 48.5 Å². The maximum absolute atomic E-state index is 12.6. The van der Waals surface area contributed by atoms with Gasteiger partial charge in [0.15, 0.2) is 0 Å². The number of aliphatic hydroxyl groups is 1. The van der Waals surface area contributed by atoms with Gasteiger partial charge in [0.25, 0.3) is 0 Å². The highest BCUT2D eigenvalue weighted by Crippen LogP contribution is 2.44. The lowest BCUT2D eigenvalue weighted by atomic mass is 9.98. The number of nitrogens with zero attached hydrogens (tertiary/aromatic N) is 1. The van der Waals surface area contributed by atoms with Gasteiger partial charge in [0.2, 0.25) is 5.91 Å². The Balaban J connectivity index is 1.65. The normalized spacial score (nSPS) is 13.1. The van der Waals surface area contributed by atoms with Crippen LogP contribution in [0.1, 0.15) is 30.4 Å². The van der Waals surface area contributed by atoms with Crippen LogP contribution in [0.3, 0.4) is 0 Å². The fraction of sp³-hybridized carbons (Fsp3) is 0.348. The lowest BCUT2D eigenvalue weighted by Crippen LogP contribution is -2.50. The first kappa shape index (κ1) is 22.3. The molecule has 0 saturated carbocycles. The van der Waals surface area contributed by atoms with Gasteiger partial charge < -0.3 is 25.2 Å². The lowest BCUT2D eigenvalue weighted by molar-refractivity contribution is -0.145. The molecule has 1 atom stereocenters. The highest BCUT2D eigenvalue weighted by atomic mass is 16.5. The minimum absolute atomic E-state index is 0.105. The van der Waals surface area contributed by atoms with E-state index in [-0.39, 0.29) is 32.1 Å². The zero-order chi connectivity index (χ0) is 22.4. The summed E-state index contributed by atoms with van der Waals surface area (Å²) in [6.07, 6.45) is -0.494. The molecule has 0 radical (unpaired) electrons. The van der Waals surface area contributed by atoms with E-state index < -0.39 is 30.6 Å². The van der Waals surface area contributed by atoms with Crippen LogP contribution in [-0.2, 0) is 14.3 Å². The second kappa shape index (κ2) is 10.1. The lowest BCUT2D eigenvalue weighted by Gasteiger charge is -2.25. The van der Waals surface area contributed by atoms with Crippen molar-refractivity contribution in [2.45, 2.75) is 25.3 Å². The molecular weight excluding hydrogens is 400 g/mol. The van der Waals surface area contributed by atoms with Gasteiger partial charge in [0, 0.05) is 12.5 Å². The second-order valence-electron chi connectivity index (χ2n) is 7.31. The van der Waals surface area contributed by atoms with Crippen molar-refractivity contribution in [3.05, 3.63) is 59.7 Å². The van der Waals surface area contributed by atoms with Crippen LogP contribution in [0.5, 0.6) is 0 Å². The van der Waals surface area contributed by atoms with Gasteiger partial charge in [-0.1, -0.05) is 55.5 Å². The number of carboxylic acid groups (broad SMARTS) is 1. The molecule has 2 amide bonds. The number of benzene rings is 2. The summed E-state index contributed by atoms with van der Waals surface area (Å²) in [4.78, 5) is 37.0. The number of carbonyl (C=O) groups is 3. The van der Waals surface area contributed by atoms with Crippen molar-refractivity contribution in [3.8, 4) is 11.1 Å². The number of carboxylic acids is 1. The molecule has 2 aromatic carbocycles. The molecule has 3 N–H and O–H groups in total. The molecule has 3 rings (SSSR count). The molecule has 1 aliphatic rings. The predicted molar refractivity (Wildman–Crippen MR) is 114 cm³/mol. The largest absolute Gasteiger partial charge is 0.480 e. The van der Waals surface area contributed by atoms with Crippen LogP contribution in [0.15, 0.2) is 48.5 Å². The van der Waals surface area contributed by atoms with Crippen LogP contribution in [0.25, 0.3) is 11.1 Å². The summed E-state index contributed by atoms with van der Waals surface area (Å²) in [6, 6.07) is 15.0. The van der Waals surface area contributed by atoms with Crippen molar-refractivity contribution in [2.75, 3.05) is 26.3 Å². The molecule has 2 aromatic rings. The van der Waals surface area contributed by atoms with E-state index in [4.69, 9.17) is 14.9 Å². The zero-order valence-corrected chi connectivity index (χ0v) is 17.3. The quantitative estimate of drug-likeness (QED) is 0.566. The van der Waals surface area contributed by atoms with Crippen LogP contribution in [0, 0.1) is 0 Å². The van der Waals surface area contributed by atoms with Gasteiger partial charge in [-0.15, -0.1) is 0 Å². The number of hydrogen-bond donors (Lipinski definition) is 3. The Hall–Kier alpha value is -3.39. The van der Waals surface area contributed by atoms with Crippen molar-refractivity contribution >= 4 is 18.0 Å². The van der Waals surface area contributed by atoms with Crippen LogP contribution >= 0.6 is 0 Å². The predicted octanol–water partition coefficient (Wildman–Crippen LogP) is 2.21. The minimum Gasteiger partial charge on any atom is -0.480 e. The molecule has 0 spiro atoms. The molecule has 0 aromatic heterocycles. The number of fused-ring (bicyclic) bond motifs is 3. The molecule has 0 aliphatic heterocycles. The van der Waals surface area contributed by atoms with Crippen LogP contribution in [-0.4, -0.2) is 65.4 Å². The summed E-state index contributed by atoms with van der Waals surface area (Å²) in [5, 5.41) is 20.6. The van der Waals surface area contributed by atoms with Crippen LogP contribution < -0.4 is 5.32 Å². The Morgan fingerprint density at radius 2 is 1.65 bits per heavy atom. The Morgan fingerprint density at radius 3 is 2.16 bits per heavy atom. The smallest absolute Gasteiger partial charge is 0.407 e. The Kier molecular flexibility index (Phi) is 7.25. The van der Waals surface area contributed by atoms with Gasteiger partial charge >= 0.3 is 12.1 Å². The molecule has 0 bridgehead atoms. The monoisotopic (exact) mass is 426 g/mol.